The van der Waals surface area contributed by atoms with E-state index in [2.05, 4.69) is 15.0 Å². The largest absolute Gasteiger partial charge is 0.465 e. The summed E-state index contributed by atoms with van der Waals surface area (Å²) in [5.41, 5.74) is 0.986. The predicted octanol–water partition coefficient (Wildman–Crippen LogP) is 0.433. The Morgan fingerprint density at radius 3 is 2.59 bits per heavy atom. The lowest BCUT2D eigenvalue weighted by atomic mass is 10.2. The summed E-state index contributed by atoms with van der Waals surface area (Å²) >= 11 is 0. The fourth-order valence-electron chi connectivity index (χ4n) is 3.44. The quantitative estimate of drug-likeness (QED) is 0.624. The topological polar surface area (TPSA) is 115 Å². The van der Waals surface area contributed by atoms with Crippen molar-refractivity contribution in [1.29, 1.82) is 0 Å². The molecule has 0 N–H and O–H groups in total. The molecule has 2 fully saturated rings. The van der Waals surface area contributed by atoms with Crippen LogP contribution in [0.2, 0.25) is 0 Å². The SMILES string of the molecule is COC(=O)c1ccc(S(=O)(=O)N2CC(n3cc(CN4CCCC4=O)nn3)C2)cc1. The van der Waals surface area contributed by atoms with Crippen LogP contribution in [0.15, 0.2) is 35.4 Å². The molecule has 2 aliphatic heterocycles. The molecule has 1 aromatic carbocycles. The third-order valence-electron chi connectivity index (χ3n) is 5.20. The monoisotopic (exact) mass is 419 g/mol. The average molecular weight is 419 g/mol. The molecule has 2 saturated heterocycles. The lowest BCUT2D eigenvalue weighted by molar-refractivity contribution is -0.128. The summed E-state index contributed by atoms with van der Waals surface area (Å²) < 4.78 is 33.1. The Hall–Kier alpha value is -2.79. The Bertz CT molecular complexity index is 1030. The molecule has 1 amide bonds. The van der Waals surface area contributed by atoms with Gasteiger partial charge in [0.05, 0.1) is 36.4 Å². The van der Waals surface area contributed by atoms with Crippen molar-refractivity contribution in [2.45, 2.75) is 30.3 Å². The van der Waals surface area contributed by atoms with E-state index in [4.69, 9.17) is 0 Å². The zero-order chi connectivity index (χ0) is 20.6. The van der Waals surface area contributed by atoms with Crippen LogP contribution < -0.4 is 0 Å². The summed E-state index contributed by atoms with van der Waals surface area (Å²) in [4.78, 5) is 25.1. The normalized spacial score (nSPS) is 18.1. The molecular weight excluding hydrogens is 398 g/mol. The molecule has 154 valence electrons. The molecule has 0 unspecified atom stereocenters. The van der Waals surface area contributed by atoms with Crippen LogP contribution in [-0.4, -0.2) is 71.2 Å². The maximum Gasteiger partial charge on any atom is 0.337 e. The van der Waals surface area contributed by atoms with E-state index in [1.54, 1.807) is 15.8 Å². The van der Waals surface area contributed by atoms with Gasteiger partial charge in [0.1, 0.15) is 5.69 Å². The fraction of sp³-hybridized carbons (Fsp3) is 0.444. The number of carbonyl (C=O) groups is 2. The van der Waals surface area contributed by atoms with E-state index in [0.29, 0.717) is 24.2 Å². The van der Waals surface area contributed by atoms with E-state index in [1.807, 2.05) is 0 Å². The van der Waals surface area contributed by atoms with Crippen LogP contribution >= 0.6 is 0 Å². The number of hydrogen-bond acceptors (Lipinski definition) is 7. The Morgan fingerprint density at radius 2 is 1.97 bits per heavy atom. The molecular formula is C18H21N5O5S. The highest BCUT2D eigenvalue weighted by atomic mass is 32.2. The number of ether oxygens (including phenoxy) is 1. The standard InChI is InChI=1S/C18H21N5O5S/c1-28-18(25)13-4-6-16(7-5-13)29(26,27)22-11-15(12-22)23-10-14(19-20-23)9-21-8-2-3-17(21)24/h4-7,10,15H,2-3,8-9,11-12H2,1H3. The fourth-order valence-corrected chi connectivity index (χ4v) is 4.96. The van der Waals surface area contributed by atoms with Crippen molar-refractivity contribution < 1.29 is 22.7 Å². The van der Waals surface area contributed by atoms with E-state index in [0.717, 1.165) is 13.0 Å². The minimum Gasteiger partial charge on any atom is -0.465 e. The molecule has 29 heavy (non-hydrogen) atoms. The number of sulfonamides is 1. The van der Waals surface area contributed by atoms with Crippen molar-refractivity contribution in [1.82, 2.24) is 24.2 Å². The zero-order valence-corrected chi connectivity index (χ0v) is 16.7. The number of nitrogens with zero attached hydrogens (tertiary/aromatic N) is 5. The molecule has 0 bridgehead atoms. The third kappa shape index (κ3) is 3.75. The number of aromatic nitrogens is 3. The van der Waals surface area contributed by atoms with Crippen LogP contribution in [0.4, 0.5) is 0 Å². The first-order valence-electron chi connectivity index (χ1n) is 9.25. The van der Waals surface area contributed by atoms with E-state index in [-0.39, 0.29) is 29.9 Å². The van der Waals surface area contributed by atoms with Crippen LogP contribution in [0.25, 0.3) is 0 Å². The Morgan fingerprint density at radius 1 is 1.24 bits per heavy atom. The number of likely N-dealkylation sites (tertiary alicyclic amines) is 1. The first-order valence-corrected chi connectivity index (χ1v) is 10.7. The summed E-state index contributed by atoms with van der Waals surface area (Å²) in [6.45, 7) is 1.73. The van der Waals surface area contributed by atoms with Gasteiger partial charge in [-0.2, -0.15) is 4.31 Å². The van der Waals surface area contributed by atoms with Crippen LogP contribution in [0.1, 0.15) is 34.9 Å². The second kappa shape index (κ2) is 7.56. The van der Waals surface area contributed by atoms with E-state index >= 15 is 0 Å². The molecule has 0 saturated carbocycles. The molecule has 0 radical (unpaired) electrons. The third-order valence-corrected chi connectivity index (χ3v) is 7.04. The van der Waals surface area contributed by atoms with Gasteiger partial charge >= 0.3 is 5.97 Å². The highest BCUT2D eigenvalue weighted by Gasteiger charge is 2.38. The summed E-state index contributed by atoms with van der Waals surface area (Å²) in [6.07, 6.45) is 3.21. The number of amides is 1. The summed E-state index contributed by atoms with van der Waals surface area (Å²) in [5.74, 6) is -0.394. The molecule has 3 heterocycles. The van der Waals surface area contributed by atoms with Crippen molar-refractivity contribution in [3.8, 4) is 0 Å². The number of benzene rings is 1. The van der Waals surface area contributed by atoms with Crippen molar-refractivity contribution in [2.24, 2.45) is 0 Å². The van der Waals surface area contributed by atoms with Gasteiger partial charge in [-0.3, -0.25) is 4.79 Å². The second-order valence-electron chi connectivity index (χ2n) is 7.10. The first kappa shape index (κ1) is 19.5. The van der Waals surface area contributed by atoms with Gasteiger partial charge < -0.3 is 9.64 Å². The van der Waals surface area contributed by atoms with Gasteiger partial charge in [-0.15, -0.1) is 5.10 Å². The molecule has 11 heteroatoms. The van der Waals surface area contributed by atoms with E-state index in [9.17, 15) is 18.0 Å². The van der Waals surface area contributed by atoms with Crippen molar-refractivity contribution in [3.63, 3.8) is 0 Å². The van der Waals surface area contributed by atoms with Gasteiger partial charge in [0.15, 0.2) is 0 Å². The summed E-state index contributed by atoms with van der Waals surface area (Å²) in [7, 11) is -2.38. The minimum atomic E-state index is -3.64. The molecule has 1 aromatic heterocycles. The van der Waals surface area contributed by atoms with Gasteiger partial charge in [0.25, 0.3) is 0 Å². The Labute approximate surface area is 168 Å². The van der Waals surface area contributed by atoms with Gasteiger partial charge in [0.2, 0.25) is 15.9 Å². The molecule has 10 nitrogen and oxygen atoms in total. The number of carbonyl (C=O) groups excluding carboxylic acids is 2. The van der Waals surface area contributed by atoms with Gasteiger partial charge in [0, 0.05) is 26.1 Å². The Kier molecular flexibility index (Phi) is 5.09. The minimum absolute atomic E-state index is 0.102. The Balaban J connectivity index is 1.38. The van der Waals surface area contributed by atoms with Crippen molar-refractivity contribution >= 4 is 21.9 Å². The molecule has 0 atom stereocenters. The number of methoxy groups -OCH3 is 1. The van der Waals surface area contributed by atoms with Gasteiger partial charge in [-0.05, 0) is 30.7 Å². The molecule has 0 aliphatic carbocycles. The van der Waals surface area contributed by atoms with E-state index in [1.165, 1.54) is 35.7 Å². The maximum absolute atomic E-state index is 12.7. The van der Waals surface area contributed by atoms with Crippen molar-refractivity contribution in [2.75, 3.05) is 26.7 Å². The second-order valence-corrected chi connectivity index (χ2v) is 9.04. The smallest absolute Gasteiger partial charge is 0.337 e. The summed E-state index contributed by atoms with van der Waals surface area (Å²) in [6, 6.07) is 5.55. The maximum atomic E-state index is 12.7. The first-order chi connectivity index (χ1) is 13.9. The van der Waals surface area contributed by atoms with Crippen LogP contribution in [0.3, 0.4) is 0 Å². The molecule has 2 aromatic rings. The predicted molar refractivity (Wildman–Crippen MR) is 100 cm³/mol. The molecule has 4 rings (SSSR count). The van der Waals surface area contributed by atoms with E-state index < -0.39 is 16.0 Å². The highest BCUT2D eigenvalue weighted by molar-refractivity contribution is 7.89. The van der Waals surface area contributed by atoms with Crippen LogP contribution in [-0.2, 0) is 26.1 Å². The lowest BCUT2D eigenvalue weighted by Crippen LogP contribution is -2.50. The summed E-state index contributed by atoms with van der Waals surface area (Å²) in [5, 5.41) is 8.19. The van der Waals surface area contributed by atoms with Gasteiger partial charge in [-0.1, -0.05) is 5.21 Å². The van der Waals surface area contributed by atoms with Crippen LogP contribution in [0.5, 0.6) is 0 Å². The van der Waals surface area contributed by atoms with Crippen molar-refractivity contribution in [3.05, 3.63) is 41.7 Å². The lowest BCUT2D eigenvalue weighted by Gasteiger charge is -2.37. The van der Waals surface area contributed by atoms with Gasteiger partial charge in [-0.25, -0.2) is 17.9 Å². The van der Waals surface area contributed by atoms with Crippen LogP contribution in [0, 0.1) is 0 Å². The zero-order valence-electron chi connectivity index (χ0n) is 15.9. The number of hydrogen-bond donors (Lipinski definition) is 0. The number of rotatable bonds is 6. The molecule has 2 aliphatic rings. The highest BCUT2D eigenvalue weighted by Crippen LogP contribution is 2.28. The molecule has 0 spiro atoms. The number of esters is 1. The average Bonchev–Trinajstić information content (AvgIpc) is 3.29.